The lowest BCUT2D eigenvalue weighted by atomic mass is 10.1. The largest absolute Gasteiger partial charge is 0.457 e. The van der Waals surface area contributed by atoms with Crippen molar-refractivity contribution in [3.05, 3.63) is 62.0 Å². The number of esters is 1. The molecule has 0 bridgehead atoms. The van der Waals surface area contributed by atoms with Crippen molar-refractivity contribution in [3.63, 3.8) is 0 Å². The third-order valence-corrected chi connectivity index (χ3v) is 4.20. The number of nitrogens with zero attached hydrogens (tertiary/aromatic N) is 2. The molecule has 0 aliphatic carbocycles. The van der Waals surface area contributed by atoms with E-state index in [1.807, 2.05) is 6.92 Å². The Morgan fingerprint density at radius 2 is 1.82 bits per heavy atom. The summed E-state index contributed by atoms with van der Waals surface area (Å²) in [6.07, 6.45) is 0.884. The van der Waals surface area contributed by atoms with Crippen LogP contribution in [0.4, 0.5) is 10.2 Å². The molecule has 0 radical (unpaired) electrons. The summed E-state index contributed by atoms with van der Waals surface area (Å²) in [6.45, 7) is 1.41. The number of aromatic nitrogens is 2. The molecule has 2 rings (SSSR count). The van der Waals surface area contributed by atoms with Crippen LogP contribution in [0.25, 0.3) is 0 Å². The van der Waals surface area contributed by atoms with Crippen LogP contribution in [-0.4, -0.2) is 27.5 Å². The predicted octanol–water partition coefficient (Wildman–Crippen LogP) is 1.04. The van der Waals surface area contributed by atoms with Gasteiger partial charge in [-0.1, -0.05) is 19.1 Å². The number of hydrogen-bond donors (Lipinski definition) is 1. The monoisotopic (exact) mass is 391 g/mol. The fraction of sp³-hybridized carbons (Fsp3) is 0.368. The van der Waals surface area contributed by atoms with Crippen LogP contribution in [-0.2, 0) is 29.5 Å². The van der Waals surface area contributed by atoms with Gasteiger partial charge in [0.1, 0.15) is 17.2 Å². The molecule has 9 heteroatoms. The lowest BCUT2D eigenvalue weighted by Crippen LogP contribution is -2.43. The quantitative estimate of drug-likeness (QED) is 0.531. The minimum atomic E-state index is -0.831. The van der Waals surface area contributed by atoms with E-state index in [9.17, 15) is 23.6 Å². The molecule has 0 atom stereocenters. The number of nitrogen functional groups attached to an aromatic ring is 1. The number of carbonyl (C=O) groups excluding carboxylic acids is 2. The summed E-state index contributed by atoms with van der Waals surface area (Å²) in [4.78, 5) is 48.6. The lowest BCUT2D eigenvalue weighted by molar-refractivity contribution is -0.142. The van der Waals surface area contributed by atoms with E-state index in [1.165, 1.54) is 19.2 Å². The first-order valence-electron chi connectivity index (χ1n) is 8.78. The van der Waals surface area contributed by atoms with Gasteiger partial charge in [0.25, 0.3) is 5.56 Å². The average molecular weight is 391 g/mol. The Hall–Kier alpha value is -3.23. The topological polar surface area (TPSA) is 113 Å². The first-order chi connectivity index (χ1) is 13.3. The van der Waals surface area contributed by atoms with E-state index in [0.29, 0.717) is 12.8 Å². The fourth-order valence-corrected chi connectivity index (χ4v) is 2.67. The van der Waals surface area contributed by atoms with Crippen LogP contribution in [0.2, 0.25) is 0 Å². The van der Waals surface area contributed by atoms with Gasteiger partial charge in [-0.2, -0.15) is 0 Å². The van der Waals surface area contributed by atoms with E-state index >= 15 is 0 Å². The second kappa shape index (κ2) is 9.12. The van der Waals surface area contributed by atoms with Crippen molar-refractivity contribution >= 4 is 17.6 Å². The van der Waals surface area contributed by atoms with Crippen molar-refractivity contribution in [2.45, 2.75) is 32.7 Å². The number of Topliss-reactive ketones (excluding diaryl/α,β-unsaturated/α-hetero) is 1. The molecule has 0 unspecified atom stereocenters. The van der Waals surface area contributed by atoms with Gasteiger partial charge in [-0.15, -0.1) is 0 Å². The zero-order valence-corrected chi connectivity index (χ0v) is 15.7. The van der Waals surface area contributed by atoms with Crippen LogP contribution in [0.15, 0.2) is 33.9 Å². The number of rotatable bonds is 8. The van der Waals surface area contributed by atoms with Gasteiger partial charge >= 0.3 is 11.7 Å². The number of nitrogens with two attached hydrogens (primary N) is 1. The number of aryl methyl sites for hydroxylation is 1. The highest BCUT2D eigenvalue weighted by atomic mass is 19.1. The van der Waals surface area contributed by atoms with E-state index in [1.54, 1.807) is 12.1 Å². The molecule has 0 amide bonds. The highest BCUT2D eigenvalue weighted by Gasteiger charge is 2.22. The van der Waals surface area contributed by atoms with Crippen LogP contribution in [0.5, 0.6) is 0 Å². The lowest BCUT2D eigenvalue weighted by Gasteiger charge is -2.13. The minimum absolute atomic E-state index is 0.0122. The summed E-state index contributed by atoms with van der Waals surface area (Å²) in [5, 5.41) is 0. The minimum Gasteiger partial charge on any atom is -0.457 e. The van der Waals surface area contributed by atoms with Gasteiger partial charge in [0, 0.05) is 20.0 Å². The molecule has 2 N–H and O–H groups in total. The van der Waals surface area contributed by atoms with E-state index in [-0.39, 0.29) is 30.2 Å². The number of carbonyl (C=O) groups is 2. The van der Waals surface area contributed by atoms with Crippen LogP contribution in [0, 0.1) is 5.82 Å². The Labute approximate surface area is 160 Å². The third kappa shape index (κ3) is 4.73. The molecule has 0 saturated heterocycles. The number of benzene rings is 1. The molecule has 1 heterocycles. The predicted molar refractivity (Wildman–Crippen MR) is 101 cm³/mol. The molecule has 1 aromatic carbocycles. The Bertz CT molecular complexity index is 992. The molecule has 28 heavy (non-hydrogen) atoms. The summed E-state index contributed by atoms with van der Waals surface area (Å²) in [5.74, 6) is -2.03. The second-order valence-electron chi connectivity index (χ2n) is 6.27. The molecule has 0 aliphatic rings. The molecular weight excluding hydrogens is 369 g/mol. The zero-order valence-electron chi connectivity index (χ0n) is 15.7. The first-order valence-corrected chi connectivity index (χ1v) is 8.78. The standard InChI is InChI=1S/C19H22FN3O5/c1-3-10-23-17(21)16(18(26)22(2)19(23)27)14(24)11-28-15(25)9-6-12-4-7-13(20)8-5-12/h4-5,7-8H,3,6,9-11,21H2,1-2H3. The number of halogens is 1. The average Bonchev–Trinajstić information content (AvgIpc) is 2.67. The summed E-state index contributed by atoms with van der Waals surface area (Å²) in [7, 11) is 1.25. The van der Waals surface area contributed by atoms with Gasteiger partial charge in [0.05, 0.1) is 0 Å². The third-order valence-electron chi connectivity index (χ3n) is 4.20. The van der Waals surface area contributed by atoms with Crippen LogP contribution >= 0.6 is 0 Å². The molecule has 0 spiro atoms. The Morgan fingerprint density at radius 3 is 2.43 bits per heavy atom. The van der Waals surface area contributed by atoms with Crippen molar-refractivity contribution in [1.82, 2.24) is 9.13 Å². The summed E-state index contributed by atoms with van der Waals surface area (Å²) < 4.78 is 19.7. The molecule has 2 aromatic rings. The fourth-order valence-electron chi connectivity index (χ4n) is 2.67. The van der Waals surface area contributed by atoms with E-state index in [4.69, 9.17) is 10.5 Å². The molecular formula is C19H22FN3O5. The molecule has 0 aliphatic heterocycles. The maximum absolute atomic E-state index is 12.9. The second-order valence-corrected chi connectivity index (χ2v) is 6.27. The van der Waals surface area contributed by atoms with Crippen molar-refractivity contribution in [2.75, 3.05) is 12.3 Å². The van der Waals surface area contributed by atoms with Crippen molar-refractivity contribution < 1.29 is 18.7 Å². The van der Waals surface area contributed by atoms with Gasteiger partial charge in [-0.3, -0.25) is 23.5 Å². The van der Waals surface area contributed by atoms with Crippen LogP contribution in [0.1, 0.15) is 35.7 Å². The van der Waals surface area contributed by atoms with Crippen molar-refractivity contribution in [1.29, 1.82) is 0 Å². The van der Waals surface area contributed by atoms with Gasteiger partial charge in [0.15, 0.2) is 6.61 Å². The highest BCUT2D eigenvalue weighted by molar-refractivity contribution is 6.01. The smallest absolute Gasteiger partial charge is 0.332 e. The first kappa shape index (κ1) is 21.1. The number of ketones is 1. The van der Waals surface area contributed by atoms with E-state index in [0.717, 1.165) is 14.7 Å². The van der Waals surface area contributed by atoms with E-state index < -0.39 is 29.6 Å². The van der Waals surface area contributed by atoms with E-state index in [2.05, 4.69) is 0 Å². The normalized spacial score (nSPS) is 10.7. The molecule has 0 fully saturated rings. The van der Waals surface area contributed by atoms with Crippen molar-refractivity contribution in [3.8, 4) is 0 Å². The Kier molecular flexibility index (Phi) is 6.86. The van der Waals surface area contributed by atoms with Crippen LogP contribution in [0.3, 0.4) is 0 Å². The summed E-state index contributed by atoms with van der Waals surface area (Å²) >= 11 is 0. The zero-order chi connectivity index (χ0) is 20.8. The SMILES string of the molecule is CCCn1c(N)c(C(=O)COC(=O)CCc2ccc(F)cc2)c(=O)n(C)c1=O. The van der Waals surface area contributed by atoms with Crippen molar-refractivity contribution in [2.24, 2.45) is 7.05 Å². The summed E-state index contributed by atoms with van der Waals surface area (Å²) in [5.41, 5.74) is 4.78. The Balaban J connectivity index is 2.06. The van der Waals surface area contributed by atoms with Gasteiger partial charge in [-0.25, -0.2) is 9.18 Å². The van der Waals surface area contributed by atoms with Gasteiger partial charge in [-0.05, 0) is 30.5 Å². The maximum atomic E-state index is 12.9. The Morgan fingerprint density at radius 1 is 1.18 bits per heavy atom. The molecule has 0 saturated carbocycles. The maximum Gasteiger partial charge on any atom is 0.332 e. The molecule has 1 aromatic heterocycles. The number of anilines is 1. The van der Waals surface area contributed by atoms with Gasteiger partial charge in [0.2, 0.25) is 5.78 Å². The highest BCUT2D eigenvalue weighted by Crippen LogP contribution is 2.09. The summed E-state index contributed by atoms with van der Waals surface area (Å²) in [6, 6.07) is 5.67. The molecule has 150 valence electrons. The van der Waals surface area contributed by atoms with Gasteiger partial charge < -0.3 is 10.5 Å². The van der Waals surface area contributed by atoms with Crippen LogP contribution < -0.4 is 17.0 Å². The number of hydrogen-bond acceptors (Lipinski definition) is 6. The number of ether oxygens (including phenoxy) is 1. The molecule has 8 nitrogen and oxygen atoms in total.